The molecule has 1 amide bonds. The van der Waals surface area contributed by atoms with Crippen molar-refractivity contribution in [2.24, 2.45) is 0 Å². The number of rotatable bonds is 4. The topological polar surface area (TPSA) is 90.9 Å². The number of nitrogens with one attached hydrogen (secondary N) is 2. The number of amides is 1. The number of carbonyl (C=O) groups excluding carboxylic acids is 1. The van der Waals surface area contributed by atoms with E-state index in [0.717, 1.165) is 27.9 Å². The number of nitriles is 1. The van der Waals surface area contributed by atoms with Crippen molar-refractivity contribution in [2.75, 3.05) is 16.4 Å². The molecule has 0 aliphatic carbocycles. The van der Waals surface area contributed by atoms with Gasteiger partial charge in [-0.1, -0.05) is 23.8 Å². The zero-order valence-corrected chi connectivity index (χ0v) is 14.9. The van der Waals surface area contributed by atoms with Crippen molar-refractivity contribution < 1.29 is 4.79 Å². The van der Waals surface area contributed by atoms with Crippen molar-refractivity contribution in [3.63, 3.8) is 0 Å². The molecule has 0 unspecified atom stereocenters. The number of aryl methyl sites for hydroxylation is 4. The average Bonchev–Trinajstić information content (AvgIpc) is 2.54. The first kappa shape index (κ1) is 18.1. The largest absolute Gasteiger partial charge is 0.397 e. The number of benzene rings is 2. The van der Waals surface area contributed by atoms with Crippen molar-refractivity contribution >= 4 is 23.0 Å². The van der Waals surface area contributed by atoms with Crippen molar-refractivity contribution in [3.8, 4) is 6.07 Å². The second kappa shape index (κ2) is 7.54. The molecule has 2 rings (SSSR count). The second-order valence-electron chi connectivity index (χ2n) is 6.13. The maximum Gasteiger partial charge on any atom is 0.267 e. The van der Waals surface area contributed by atoms with Crippen LogP contribution in [0.25, 0.3) is 0 Å². The van der Waals surface area contributed by atoms with Crippen LogP contribution in [0.1, 0.15) is 22.3 Å². The van der Waals surface area contributed by atoms with E-state index < -0.39 is 5.91 Å². The molecular weight excluding hydrogens is 312 g/mol. The van der Waals surface area contributed by atoms with Crippen LogP contribution >= 0.6 is 0 Å². The van der Waals surface area contributed by atoms with Crippen LogP contribution in [0.4, 0.5) is 17.1 Å². The number of hydrogen-bond acceptors (Lipinski definition) is 4. The van der Waals surface area contributed by atoms with E-state index in [9.17, 15) is 10.1 Å². The summed E-state index contributed by atoms with van der Waals surface area (Å²) in [6.07, 6.45) is 1.37. The van der Waals surface area contributed by atoms with Gasteiger partial charge in [0.15, 0.2) is 0 Å². The van der Waals surface area contributed by atoms with Gasteiger partial charge in [0.2, 0.25) is 0 Å². The van der Waals surface area contributed by atoms with E-state index in [2.05, 4.69) is 10.6 Å². The van der Waals surface area contributed by atoms with Crippen molar-refractivity contribution in [1.29, 1.82) is 5.26 Å². The van der Waals surface area contributed by atoms with E-state index in [0.29, 0.717) is 11.4 Å². The molecule has 2 aromatic rings. The molecule has 2 aromatic carbocycles. The molecule has 0 aliphatic heterocycles. The summed E-state index contributed by atoms with van der Waals surface area (Å²) in [5.41, 5.74) is 11.9. The first-order chi connectivity index (χ1) is 11.8. The Morgan fingerprint density at radius 1 is 1.08 bits per heavy atom. The van der Waals surface area contributed by atoms with E-state index in [-0.39, 0.29) is 5.57 Å². The van der Waals surface area contributed by atoms with Gasteiger partial charge in [0.25, 0.3) is 5.91 Å². The number of nitrogen functional groups attached to an aromatic ring is 1. The number of hydrogen-bond donors (Lipinski definition) is 3. The van der Waals surface area contributed by atoms with Gasteiger partial charge in [0.05, 0.1) is 11.4 Å². The number of anilines is 3. The van der Waals surface area contributed by atoms with Crippen LogP contribution < -0.4 is 16.4 Å². The highest BCUT2D eigenvalue weighted by Gasteiger charge is 2.13. The number of nitrogens with two attached hydrogens (primary N) is 1. The number of nitrogens with zero attached hydrogens (tertiary/aromatic N) is 1. The minimum Gasteiger partial charge on any atom is -0.397 e. The molecule has 0 aromatic heterocycles. The normalized spacial score (nSPS) is 10.9. The zero-order chi connectivity index (χ0) is 18.6. The van der Waals surface area contributed by atoms with E-state index in [1.54, 1.807) is 6.07 Å². The maximum atomic E-state index is 12.4. The molecule has 0 aliphatic rings. The summed E-state index contributed by atoms with van der Waals surface area (Å²) in [6.45, 7) is 7.80. The van der Waals surface area contributed by atoms with Gasteiger partial charge in [-0.3, -0.25) is 4.79 Å². The lowest BCUT2D eigenvalue weighted by Crippen LogP contribution is -2.16. The molecule has 0 spiro atoms. The van der Waals surface area contributed by atoms with Gasteiger partial charge in [-0.2, -0.15) is 5.26 Å². The fourth-order valence-electron chi connectivity index (χ4n) is 2.65. The summed E-state index contributed by atoms with van der Waals surface area (Å²) in [7, 11) is 0. The fraction of sp³-hybridized carbons (Fsp3) is 0.200. The average molecular weight is 334 g/mol. The molecular formula is C20H22N4O. The molecule has 0 heterocycles. The standard InChI is InChI=1S/C20H22N4O/c1-12-5-6-17(22)18(9-12)23-11-16(10-21)20(25)24-19-14(3)7-13(2)8-15(19)4/h5-9,11,23H,22H2,1-4H3,(H,24,25)/b16-11-. The SMILES string of the molecule is Cc1cc(C)c(NC(=O)/C(C#N)=C\Nc2cc(C)ccc2N)c(C)c1. The zero-order valence-electron chi connectivity index (χ0n) is 14.9. The van der Waals surface area contributed by atoms with Crippen LogP contribution in [0, 0.1) is 39.0 Å². The smallest absolute Gasteiger partial charge is 0.267 e. The maximum absolute atomic E-state index is 12.4. The monoisotopic (exact) mass is 334 g/mol. The summed E-state index contributed by atoms with van der Waals surface area (Å²) >= 11 is 0. The van der Waals surface area contributed by atoms with Crippen LogP contribution in [0.5, 0.6) is 0 Å². The Morgan fingerprint density at radius 3 is 2.32 bits per heavy atom. The third-order valence-electron chi connectivity index (χ3n) is 3.86. The third-order valence-corrected chi connectivity index (χ3v) is 3.86. The highest BCUT2D eigenvalue weighted by Crippen LogP contribution is 2.23. The highest BCUT2D eigenvalue weighted by molar-refractivity contribution is 6.07. The second-order valence-corrected chi connectivity index (χ2v) is 6.13. The Hall–Kier alpha value is -3.26. The Labute approximate surface area is 148 Å². The lowest BCUT2D eigenvalue weighted by atomic mass is 10.0. The quantitative estimate of drug-likeness (QED) is 0.448. The van der Waals surface area contributed by atoms with Crippen LogP contribution in [-0.4, -0.2) is 5.91 Å². The summed E-state index contributed by atoms with van der Waals surface area (Å²) in [5, 5.41) is 15.1. The van der Waals surface area contributed by atoms with Crippen molar-refractivity contribution in [1.82, 2.24) is 0 Å². The molecule has 4 N–H and O–H groups in total. The van der Waals surface area contributed by atoms with Crippen molar-refractivity contribution in [2.45, 2.75) is 27.7 Å². The van der Waals surface area contributed by atoms with E-state index in [1.807, 2.05) is 58.0 Å². The van der Waals surface area contributed by atoms with Crippen LogP contribution in [0.3, 0.4) is 0 Å². The molecule has 0 bridgehead atoms. The van der Waals surface area contributed by atoms with Crippen molar-refractivity contribution in [3.05, 3.63) is 64.4 Å². The Kier molecular flexibility index (Phi) is 5.45. The first-order valence-electron chi connectivity index (χ1n) is 7.94. The summed E-state index contributed by atoms with van der Waals surface area (Å²) < 4.78 is 0. The van der Waals surface area contributed by atoms with E-state index in [4.69, 9.17) is 5.73 Å². The van der Waals surface area contributed by atoms with Gasteiger partial charge in [0, 0.05) is 11.9 Å². The highest BCUT2D eigenvalue weighted by atomic mass is 16.1. The molecule has 0 radical (unpaired) electrons. The summed E-state index contributed by atoms with van der Waals surface area (Å²) in [5.74, 6) is -0.462. The fourth-order valence-corrected chi connectivity index (χ4v) is 2.65. The minimum atomic E-state index is -0.462. The van der Waals surface area contributed by atoms with Gasteiger partial charge in [0.1, 0.15) is 11.6 Å². The number of carbonyl (C=O) groups is 1. The van der Waals surface area contributed by atoms with E-state index in [1.165, 1.54) is 6.20 Å². The van der Waals surface area contributed by atoms with Gasteiger partial charge in [-0.15, -0.1) is 0 Å². The molecule has 128 valence electrons. The Bertz CT molecular complexity index is 868. The molecule has 5 heteroatoms. The van der Waals surface area contributed by atoms with Crippen LogP contribution in [0.2, 0.25) is 0 Å². The molecule has 0 saturated heterocycles. The lowest BCUT2D eigenvalue weighted by molar-refractivity contribution is -0.112. The van der Waals surface area contributed by atoms with Gasteiger partial charge < -0.3 is 16.4 Å². The minimum absolute atomic E-state index is 0.0275. The first-order valence-corrected chi connectivity index (χ1v) is 7.94. The molecule has 5 nitrogen and oxygen atoms in total. The van der Waals surface area contributed by atoms with Gasteiger partial charge in [-0.25, -0.2) is 0 Å². The Balaban J connectivity index is 2.22. The van der Waals surface area contributed by atoms with Crippen LogP contribution in [-0.2, 0) is 4.79 Å². The van der Waals surface area contributed by atoms with Gasteiger partial charge in [-0.05, 0) is 56.5 Å². The third kappa shape index (κ3) is 4.39. The van der Waals surface area contributed by atoms with Crippen LogP contribution in [0.15, 0.2) is 42.1 Å². The predicted molar refractivity (Wildman–Crippen MR) is 102 cm³/mol. The predicted octanol–water partition coefficient (Wildman–Crippen LogP) is 3.96. The molecule has 0 fully saturated rings. The molecule has 25 heavy (non-hydrogen) atoms. The summed E-state index contributed by atoms with van der Waals surface area (Å²) in [4.78, 5) is 12.4. The van der Waals surface area contributed by atoms with E-state index >= 15 is 0 Å². The summed E-state index contributed by atoms with van der Waals surface area (Å²) in [6, 6.07) is 11.4. The lowest BCUT2D eigenvalue weighted by Gasteiger charge is -2.13. The van der Waals surface area contributed by atoms with Gasteiger partial charge >= 0.3 is 0 Å². The Morgan fingerprint density at radius 2 is 1.72 bits per heavy atom. The molecule has 0 saturated carbocycles. The molecule has 0 atom stereocenters.